The van der Waals surface area contributed by atoms with Gasteiger partial charge in [0.2, 0.25) is 0 Å². The fourth-order valence-corrected chi connectivity index (χ4v) is 4.36. The van der Waals surface area contributed by atoms with Gasteiger partial charge in [0.05, 0.1) is 23.0 Å². The summed E-state index contributed by atoms with van der Waals surface area (Å²) in [5.41, 5.74) is 3.68. The summed E-state index contributed by atoms with van der Waals surface area (Å²) in [6, 6.07) is 10.4. The molecule has 3 N–H and O–H groups in total. The van der Waals surface area contributed by atoms with Crippen molar-refractivity contribution in [3.8, 4) is 5.75 Å². The lowest BCUT2D eigenvalue weighted by molar-refractivity contribution is -0.118. The topological polar surface area (TPSA) is 104 Å². The molecule has 0 saturated heterocycles. The number of halogens is 3. The van der Waals surface area contributed by atoms with E-state index in [2.05, 4.69) is 48.6 Å². The van der Waals surface area contributed by atoms with Gasteiger partial charge in [0.15, 0.2) is 11.0 Å². The second-order valence-electron chi connectivity index (χ2n) is 6.57. The fraction of sp³-hybridized carbons (Fsp3) is 0.143. The van der Waals surface area contributed by atoms with Crippen LogP contribution in [0.15, 0.2) is 63.8 Å². The van der Waals surface area contributed by atoms with Gasteiger partial charge < -0.3 is 15.0 Å². The number of aromatic nitrogens is 3. The number of phenolic OH excluding ortho intramolecular Hbond substituents is 1. The summed E-state index contributed by atoms with van der Waals surface area (Å²) in [7, 11) is 0. The molecule has 1 aromatic heterocycles. The third-order valence-electron chi connectivity index (χ3n) is 4.18. The summed E-state index contributed by atoms with van der Waals surface area (Å²) in [4.78, 5) is 12.2. The van der Waals surface area contributed by atoms with Gasteiger partial charge >= 0.3 is 0 Å². The molecule has 0 saturated carbocycles. The molecule has 3 aromatic rings. The second kappa shape index (κ2) is 12.1. The van der Waals surface area contributed by atoms with E-state index >= 15 is 0 Å². The van der Waals surface area contributed by atoms with Gasteiger partial charge in [0.25, 0.3) is 5.91 Å². The Balaban J connectivity index is 1.57. The van der Waals surface area contributed by atoms with Crippen LogP contribution in [0.2, 0.25) is 10.0 Å². The molecular formula is C21H19BrCl2N6O2S. The van der Waals surface area contributed by atoms with Crippen LogP contribution in [0.25, 0.3) is 0 Å². The van der Waals surface area contributed by atoms with Crippen LogP contribution in [0, 0.1) is 0 Å². The van der Waals surface area contributed by atoms with Gasteiger partial charge in [-0.1, -0.05) is 41.0 Å². The number of nitrogens with one attached hydrogen (secondary N) is 2. The molecule has 0 atom stereocenters. The molecule has 0 spiro atoms. The molecule has 12 heteroatoms. The van der Waals surface area contributed by atoms with Crippen molar-refractivity contribution in [3.05, 3.63) is 75.0 Å². The molecule has 1 heterocycles. The van der Waals surface area contributed by atoms with Crippen molar-refractivity contribution >= 4 is 68.7 Å². The van der Waals surface area contributed by atoms with Crippen molar-refractivity contribution in [1.82, 2.24) is 20.2 Å². The predicted molar refractivity (Wildman–Crippen MR) is 136 cm³/mol. The molecule has 172 valence electrons. The fourth-order valence-electron chi connectivity index (χ4n) is 2.64. The molecular weight excluding hydrogens is 551 g/mol. The maximum atomic E-state index is 12.2. The smallest absolute Gasteiger partial charge is 0.250 e. The Morgan fingerprint density at radius 1 is 1.24 bits per heavy atom. The first-order valence-corrected chi connectivity index (χ1v) is 12.1. The molecule has 0 aliphatic carbocycles. The summed E-state index contributed by atoms with van der Waals surface area (Å²) in [6.45, 7) is 4.72. The lowest BCUT2D eigenvalue weighted by Crippen LogP contribution is -2.20. The number of allylic oxidation sites excluding steroid dienone is 1. The van der Waals surface area contributed by atoms with Gasteiger partial charge in [0, 0.05) is 27.8 Å². The average molecular weight is 570 g/mol. The third kappa shape index (κ3) is 7.23. The lowest BCUT2D eigenvalue weighted by atomic mass is 10.2. The van der Waals surface area contributed by atoms with E-state index in [1.807, 2.05) is 16.7 Å². The first kappa shape index (κ1) is 25.1. The van der Waals surface area contributed by atoms with Crippen LogP contribution in [0.4, 0.5) is 5.69 Å². The standard InChI is InChI=1S/C21H19BrCl2N6O2S/c1-2-7-30-18(11-25-16-5-3-14(23)4-6-16)27-29-21(30)33-12-19(31)28-26-10-13-8-15(24)9-17(22)20(13)32/h2-6,8-10,25,32H,1,7,11-12H2,(H,28,31)/b26-10-. The van der Waals surface area contributed by atoms with Crippen LogP contribution in [0.3, 0.4) is 0 Å². The average Bonchev–Trinajstić information content (AvgIpc) is 3.17. The number of aromatic hydroxyl groups is 1. The van der Waals surface area contributed by atoms with E-state index in [9.17, 15) is 9.90 Å². The third-order valence-corrected chi connectivity index (χ3v) is 6.22. The second-order valence-corrected chi connectivity index (χ2v) is 9.24. The minimum atomic E-state index is -0.342. The first-order valence-electron chi connectivity index (χ1n) is 9.52. The first-order chi connectivity index (χ1) is 15.9. The normalized spacial score (nSPS) is 11.0. The van der Waals surface area contributed by atoms with E-state index in [-0.39, 0.29) is 17.4 Å². The Hall–Kier alpha value is -2.53. The minimum absolute atomic E-state index is 0.0240. The zero-order valence-corrected chi connectivity index (χ0v) is 21.0. The van der Waals surface area contributed by atoms with Crippen LogP contribution in [0.1, 0.15) is 11.4 Å². The molecule has 2 aromatic carbocycles. The lowest BCUT2D eigenvalue weighted by Gasteiger charge is -2.09. The van der Waals surface area contributed by atoms with Gasteiger partial charge in [-0.25, -0.2) is 5.43 Å². The van der Waals surface area contributed by atoms with Crippen molar-refractivity contribution < 1.29 is 9.90 Å². The van der Waals surface area contributed by atoms with Crippen molar-refractivity contribution in [3.63, 3.8) is 0 Å². The van der Waals surface area contributed by atoms with Crippen LogP contribution < -0.4 is 10.7 Å². The quantitative estimate of drug-likeness (QED) is 0.136. The number of phenols is 1. The Morgan fingerprint density at radius 2 is 2.00 bits per heavy atom. The van der Waals surface area contributed by atoms with E-state index in [1.54, 1.807) is 24.3 Å². The van der Waals surface area contributed by atoms with Gasteiger partial charge in [0.1, 0.15) is 5.75 Å². The molecule has 33 heavy (non-hydrogen) atoms. The highest BCUT2D eigenvalue weighted by Gasteiger charge is 2.13. The van der Waals surface area contributed by atoms with E-state index in [0.29, 0.717) is 44.2 Å². The minimum Gasteiger partial charge on any atom is -0.506 e. The molecule has 1 amide bonds. The van der Waals surface area contributed by atoms with Gasteiger partial charge in [-0.2, -0.15) is 5.10 Å². The van der Waals surface area contributed by atoms with E-state index in [1.165, 1.54) is 24.0 Å². The highest BCUT2D eigenvalue weighted by Crippen LogP contribution is 2.30. The number of rotatable bonds is 10. The van der Waals surface area contributed by atoms with E-state index < -0.39 is 0 Å². The van der Waals surface area contributed by atoms with E-state index in [4.69, 9.17) is 23.2 Å². The van der Waals surface area contributed by atoms with Crippen molar-refractivity contribution in [2.75, 3.05) is 11.1 Å². The molecule has 3 rings (SSSR count). The van der Waals surface area contributed by atoms with Crippen LogP contribution in [-0.2, 0) is 17.9 Å². The van der Waals surface area contributed by atoms with Crippen LogP contribution in [0.5, 0.6) is 5.75 Å². The Kier molecular flexibility index (Phi) is 9.19. The Labute approximate surface area is 213 Å². The number of benzene rings is 2. The molecule has 0 aliphatic rings. The zero-order valence-electron chi connectivity index (χ0n) is 17.1. The molecule has 0 fully saturated rings. The molecule has 8 nitrogen and oxygen atoms in total. The highest BCUT2D eigenvalue weighted by atomic mass is 79.9. The summed E-state index contributed by atoms with van der Waals surface area (Å²) in [6.07, 6.45) is 3.05. The SMILES string of the molecule is C=CCn1c(CNc2ccc(Cl)cc2)nnc1SCC(=O)N/N=C\c1cc(Cl)cc(Br)c1O. The van der Waals surface area contributed by atoms with Crippen LogP contribution in [-0.4, -0.2) is 37.7 Å². The van der Waals surface area contributed by atoms with Crippen molar-refractivity contribution in [1.29, 1.82) is 0 Å². The monoisotopic (exact) mass is 568 g/mol. The summed E-state index contributed by atoms with van der Waals surface area (Å²) >= 11 is 16.3. The number of amides is 1. The number of hydrogen-bond donors (Lipinski definition) is 3. The summed E-state index contributed by atoms with van der Waals surface area (Å²) < 4.78 is 2.31. The van der Waals surface area contributed by atoms with Crippen molar-refractivity contribution in [2.45, 2.75) is 18.2 Å². The maximum Gasteiger partial charge on any atom is 0.250 e. The van der Waals surface area contributed by atoms with Crippen LogP contribution >= 0.6 is 50.9 Å². The maximum absolute atomic E-state index is 12.2. The number of hydrazone groups is 1. The predicted octanol–water partition coefficient (Wildman–Crippen LogP) is 5.09. The van der Waals surface area contributed by atoms with Crippen molar-refractivity contribution in [2.24, 2.45) is 5.10 Å². The summed E-state index contributed by atoms with van der Waals surface area (Å²) in [5.74, 6) is 0.408. The van der Waals surface area contributed by atoms with Gasteiger partial charge in [-0.15, -0.1) is 16.8 Å². The molecule has 0 aliphatic heterocycles. The Morgan fingerprint density at radius 3 is 2.73 bits per heavy atom. The number of carbonyl (C=O) groups is 1. The number of thioether (sulfide) groups is 1. The van der Waals surface area contributed by atoms with Gasteiger partial charge in [-0.3, -0.25) is 4.79 Å². The molecule has 0 bridgehead atoms. The Bertz CT molecular complexity index is 1170. The summed E-state index contributed by atoms with van der Waals surface area (Å²) in [5, 5.41) is 27.2. The van der Waals surface area contributed by atoms with Gasteiger partial charge in [-0.05, 0) is 52.3 Å². The highest BCUT2D eigenvalue weighted by molar-refractivity contribution is 9.10. The molecule has 0 radical (unpaired) electrons. The number of anilines is 1. The number of hydrogen-bond acceptors (Lipinski definition) is 7. The largest absolute Gasteiger partial charge is 0.506 e. The zero-order chi connectivity index (χ0) is 23.8. The van der Waals surface area contributed by atoms with E-state index in [0.717, 1.165) is 5.69 Å². The molecule has 0 unspecified atom stereocenters. The number of carbonyl (C=O) groups excluding carboxylic acids is 1. The number of nitrogens with zero attached hydrogens (tertiary/aromatic N) is 4.